The fourth-order valence-corrected chi connectivity index (χ4v) is 1.67. The van der Waals surface area contributed by atoms with Gasteiger partial charge in [-0.05, 0) is 5.53 Å². The summed E-state index contributed by atoms with van der Waals surface area (Å²) in [6.45, 7) is 0.0879. The Labute approximate surface area is 107 Å². The first kappa shape index (κ1) is 11.1. The maximum absolute atomic E-state index is 8.33. The summed E-state index contributed by atoms with van der Waals surface area (Å²) in [6.07, 6.45) is 1.64. The molecule has 0 saturated heterocycles. The molecule has 0 radical (unpaired) electrons. The van der Waals surface area contributed by atoms with Crippen molar-refractivity contribution < 1.29 is 0 Å². The molecule has 0 N–H and O–H groups in total. The van der Waals surface area contributed by atoms with Crippen LogP contribution < -0.4 is 0 Å². The highest BCUT2D eigenvalue weighted by Crippen LogP contribution is 2.15. The minimum Gasteiger partial charge on any atom is -0.216 e. The molecule has 92 valence electrons. The Hall–Kier alpha value is -2.99. The predicted octanol–water partition coefficient (Wildman–Crippen LogP) is 2.00. The minimum atomic E-state index is 0.0879. The van der Waals surface area contributed by atoms with Crippen LogP contribution in [-0.2, 0) is 6.54 Å². The molecule has 8 nitrogen and oxygen atoms in total. The highest BCUT2D eigenvalue weighted by atomic mass is 15.4. The molecule has 19 heavy (non-hydrogen) atoms. The summed E-state index contributed by atoms with van der Waals surface area (Å²) in [6, 6.07) is 9.66. The molecule has 3 aromatic rings. The van der Waals surface area contributed by atoms with Gasteiger partial charge in [0.05, 0.1) is 12.7 Å². The molecule has 2 aromatic heterocycles. The Balaban J connectivity index is 2.11. The van der Waals surface area contributed by atoms with Crippen molar-refractivity contribution in [2.24, 2.45) is 5.11 Å². The van der Waals surface area contributed by atoms with Crippen LogP contribution in [0.1, 0.15) is 5.82 Å². The number of rotatable bonds is 3. The Morgan fingerprint density at radius 2 is 2.05 bits per heavy atom. The Morgan fingerprint density at radius 1 is 1.21 bits per heavy atom. The number of fused-ring (bicyclic) bond motifs is 1. The molecule has 0 atom stereocenters. The van der Waals surface area contributed by atoms with Crippen LogP contribution in [-0.4, -0.2) is 24.8 Å². The van der Waals surface area contributed by atoms with Crippen molar-refractivity contribution in [1.82, 2.24) is 24.8 Å². The van der Waals surface area contributed by atoms with Crippen LogP contribution in [0.3, 0.4) is 0 Å². The van der Waals surface area contributed by atoms with E-state index in [-0.39, 0.29) is 6.54 Å². The molecule has 2 heterocycles. The summed E-state index contributed by atoms with van der Waals surface area (Å²) in [4.78, 5) is 6.87. The summed E-state index contributed by atoms with van der Waals surface area (Å²) < 4.78 is 1.48. The number of azide groups is 1. The van der Waals surface area contributed by atoms with Crippen molar-refractivity contribution in [3.8, 4) is 11.3 Å². The number of aromatic nitrogens is 5. The largest absolute Gasteiger partial charge is 0.271 e. The normalized spacial score (nSPS) is 10.3. The Kier molecular flexibility index (Phi) is 2.76. The summed E-state index contributed by atoms with van der Waals surface area (Å²) in [5, 5.41) is 15.6. The van der Waals surface area contributed by atoms with E-state index in [2.05, 4.69) is 30.3 Å². The third-order valence-corrected chi connectivity index (χ3v) is 2.54. The third-order valence-electron chi connectivity index (χ3n) is 2.54. The van der Waals surface area contributed by atoms with Crippen molar-refractivity contribution >= 4 is 5.78 Å². The van der Waals surface area contributed by atoms with Crippen LogP contribution in [0.2, 0.25) is 0 Å². The maximum atomic E-state index is 8.33. The predicted molar refractivity (Wildman–Crippen MR) is 66.9 cm³/mol. The average molecular weight is 252 g/mol. The standard InChI is InChI=1S/C11H8N8/c12-18-14-7-10-15-16-11-13-6-9(17-19(10)11)8-4-2-1-3-5-8/h1-6H,7H2. The molecule has 0 unspecified atom stereocenters. The first-order valence-electron chi connectivity index (χ1n) is 5.52. The maximum Gasteiger partial charge on any atom is 0.271 e. The topological polar surface area (TPSA) is 105 Å². The second-order valence-electron chi connectivity index (χ2n) is 3.73. The Bertz CT molecular complexity index is 757. The van der Waals surface area contributed by atoms with Gasteiger partial charge in [0.25, 0.3) is 5.78 Å². The zero-order valence-corrected chi connectivity index (χ0v) is 9.75. The van der Waals surface area contributed by atoms with Gasteiger partial charge >= 0.3 is 0 Å². The van der Waals surface area contributed by atoms with E-state index in [9.17, 15) is 0 Å². The third kappa shape index (κ3) is 2.07. The monoisotopic (exact) mass is 252 g/mol. The summed E-state index contributed by atoms with van der Waals surface area (Å²) >= 11 is 0. The molecule has 0 aliphatic carbocycles. The summed E-state index contributed by atoms with van der Waals surface area (Å²) in [5.74, 6) is 0.834. The number of nitrogens with zero attached hydrogens (tertiary/aromatic N) is 8. The fourth-order valence-electron chi connectivity index (χ4n) is 1.67. The van der Waals surface area contributed by atoms with Gasteiger partial charge in [0.15, 0.2) is 5.82 Å². The van der Waals surface area contributed by atoms with Crippen molar-refractivity contribution in [3.63, 3.8) is 0 Å². The lowest BCUT2D eigenvalue weighted by Crippen LogP contribution is -2.01. The molecule has 0 amide bonds. The molecule has 0 aliphatic rings. The molecule has 0 spiro atoms. The number of benzene rings is 1. The molecule has 1 aromatic carbocycles. The molecule has 3 rings (SSSR count). The number of hydrogen-bond acceptors (Lipinski definition) is 5. The second-order valence-corrected chi connectivity index (χ2v) is 3.73. The van der Waals surface area contributed by atoms with Gasteiger partial charge in [0.2, 0.25) is 0 Å². The van der Waals surface area contributed by atoms with Gasteiger partial charge in [0, 0.05) is 10.5 Å². The van der Waals surface area contributed by atoms with E-state index >= 15 is 0 Å². The van der Waals surface area contributed by atoms with Gasteiger partial charge in [-0.1, -0.05) is 35.4 Å². The molecule has 0 aliphatic heterocycles. The van der Waals surface area contributed by atoms with Crippen LogP contribution in [0, 0.1) is 0 Å². The molecule has 0 saturated carbocycles. The smallest absolute Gasteiger partial charge is 0.216 e. The number of hydrogen-bond donors (Lipinski definition) is 0. The van der Waals surface area contributed by atoms with E-state index < -0.39 is 0 Å². The second kappa shape index (κ2) is 4.71. The van der Waals surface area contributed by atoms with E-state index in [0.29, 0.717) is 17.3 Å². The first-order valence-corrected chi connectivity index (χ1v) is 5.52. The first-order chi connectivity index (χ1) is 9.38. The summed E-state index contributed by atoms with van der Waals surface area (Å²) in [5.41, 5.74) is 9.98. The van der Waals surface area contributed by atoms with Crippen molar-refractivity contribution in [2.75, 3.05) is 0 Å². The quantitative estimate of drug-likeness (QED) is 0.403. The van der Waals surface area contributed by atoms with Gasteiger partial charge in [-0.25, -0.2) is 4.98 Å². The highest BCUT2D eigenvalue weighted by molar-refractivity contribution is 5.57. The lowest BCUT2D eigenvalue weighted by Gasteiger charge is -2.00. The average Bonchev–Trinajstić information content (AvgIpc) is 2.88. The van der Waals surface area contributed by atoms with Gasteiger partial charge in [0.1, 0.15) is 5.69 Å². The lowest BCUT2D eigenvalue weighted by molar-refractivity contribution is 0.799. The van der Waals surface area contributed by atoms with E-state index in [0.717, 1.165) is 5.56 Å². The van der Waals surface area contributed by atoms with Crippen LogP contribution in [0.5, 0.6) is 0 Å². The SMILES string of the molecule is [N-]=[N+]=NCc1nnc2ncc(-c3ccccc3)nn12. The Morgan fingerprint density at radius 3 is 2.84 bits per heavy atom. The zero-order valence-electron chi connectivity index (χ0n) is 9.75. The van der Waals surface area contributed by atoms with Crippen molar-refractivity contribution in [2.45, 2.75) is 6.54 Å². The van der Waals surface area contributed by atoms with Crippen LogP contribution >= 0.6 is 0 Å². The minimum absolute atomic E-state index is 0.0879. The van der Waals surface area contributed by atoms with Crippen LogP contribution in [0.4, 0.5) is 0 Å². The highest BCUT2D eigenvalue weighted by Gasteiger charge is 2.08. The fraction of sp³-hybridized carbons (Fsp3) is 0.0909. The molecule has 0 bridgehead atoms. The lowest BCUT2D eigenvalue weighted by atomic mass is 10.2. The van der Waals surface area contributed by atoms with Crippen molar-refractivity contribution in [1.29, 1.82) is 0 Å². The van der Waals surface area contributed by atoms with Crippen LogP contribution in [0.25, 0.3) is 27.5 Å². The van der Waals surface area contributed by atoms with Crippen LogP contribution in [0.15, 0.2) is 41.6 Å². The zero-order chi connectivity index (χ0) is 13.1. The molecular weight excluding hydrogens is 244 g/mol. The molecule has 0 fully saturated rings. The van der Waals surface area contributed by atoms with E-state index in [1.165, 1.54) is 4.52 Å². The van der Waals surface area contributed by atoms with E-state index in [1.54, 1.807) is 6.20 Å². The summed E-state index contributed by atoms with van der Waals surface area (Å²) in [7, 11) is 0. The van der Waals surface area contributed by atoms with E-state index in [4.69, 9.17) is 5.53 Å². The van der Waals surface area contributed by atoms with Crippen molar-refractivity contribution in [3.05, 3.63) is 52.8 Å². The van der Waals surface area contributed by atoms with Gasteiger partial charge in [-0.2, -0.15) is 9.61 Å². The van der Waals surface area contributed by atoms with Gasteiger partial charge in [-0.15, -0.1) is 10.2 Å². The van der Waals surface area contributed by atoms with Gasteiger partial charge in [-0.3, -0.25) is 0 Å². The van der Waals surface area contributed by atoms with Gasteiger partial charge < -0.3 is 0 Å². The van der Waals surface area contributed by atoms with E-state index in [1.807, 2.05) is 30.3 Å². The molecule has 8 heteroatoms. The molecular formula is C11H8N8.